The Labute approximate surface area is 80.4 Å². The van der Waals surface area contributed by atoms with Crippen LogP contribution in [-0.4, -0.2) is 44.1 Å². The molecule has 0 saturated heterocycles. The lowest BCUT2D eigenvalue weighted by Crippen LogP contribution is -2.31. The van der Waals surface area contributed by atoms with Crippen LogP contribution in [0.3, 0.4) is 0 Å². The minimum Gasteiger partial charge on any atom is -0.464 e. The second-order valence-electron chi connectivity index (χ2n) is 2.04. The van der Waals surface area contributed by atoms with Crippen molar-refractivity contribution < 1.29 is 19.8 Å². The molecule has 0 aromatic carbocycles. The van der Waals surface area contributed by atoms with E-state index in [1.807, 2.05) is 0 Å². The summed E-state index contributed by atoms with van der Waals surface area (Å²) in [6, 6.07) is 0. The van der Waals surface area contributed by atoms with Crippen LogP contribution in [0.15, 0.2) is 0 Å². The molecule has 0 bridgehead atoms. The van der Waals surface area contributed by atoms with Crippen molar-refractivity contribution in [1.82, 2.24) is 8.61 Å². The molecule has 0 atom stereocenters. The minimum absolute atomic E-state index is 0.240. The lowest BCUT2D eigenvalue weighted by molar-refractivity contribution is 0.169. The van der Waals surface area contributed by atoms with Crippen molar-refractivity contribution in [2.75, 3.05) is 13.1 Å². The predicted octanol–water partition coefficient (Wildman–Crippen LogP) is 1.55. The van der Waals surface area contributed by atoms with Gasteiger partial charge < -0.3 is 10.2 Å². The van der Waals surface area contributed by atoms with E-state index in [1.165, 1.54) is 0 Å². The molecule has 0 fully saturated rings. The summed E-state index contributed by atoms with van der Waals surface area (Å²) in [6.45, 7) is 3.75. The summed E-state index contributed by atoms with van der Waals surface area (Å²) < 4.78 is 1.88. The zero-order chi connectivity index (χ0) is 10.4. The maximum absolute atomic E-state index is 10.5. The van der Waals surface area contributed by atoms with Gasteiger partial charge in [-0.3, -0.25) is 0 Å². The zero-order valence-corrected chi connectivity index (χ0v) is 8.24. The van der Waals surface area contributed by atoms with E-state index in [0.29, 0.717) is 12.1 Å². The third-order valence-corrected chi connectivity index (χ3v) is 2.42. The Morgan fingerprint density at radius 2 is 1.38 bits per heavy atom. The molecule has 0 aliphatic rings. The lowest BCUT2D eigenvalue weighted by atomic mass is 10.8. The molecule has 0 saturated carbocycles. The van der Waals surface area contributed by atoms with Crippen molar-refractivity contribution in [3.05, 3.63) is 0 Å². The van der Waals surface area contributed by atoms with E-state index in [-0.39, 0.29) is 13.1 Å². The quantitative estimate of drug-likeness (QED) is 0.685. The van der Waals surface area contributed by atoms with Gasteiger partial charge in [0.05, 0.1) is 12.1 Å². The summed E-state index contributed by atoms with van der Waals surface area (Å²) in [4.78, 5) is 21.0. The second kappa shape index (κ2) is 5.52. The number of carboxylic acid groups (broad SMARTS) is 2. The van der Waals surface area contributed by atoms with Crippen LogP contribution in [0.1, 0.15) is 13.8 Å². The molecule has 2 N–H and O–H groups in total. The lowest BCUT2D eigenvalue weighted by Gasteiger charge is -2.21. The Morgan fingerprint density at radius 3 is 1.54 bits per heavy atom. The fraction of sp³-hybridized carbons (Fsp3) is 0.667. The van der Waals surface area contributed by atoms with Crippen LogP contribution in [0.5, 0.6) is 0 Å². The first-order valence-corrected chi connectivity index (χ1v) is 4.44. The van der Waals surface area contributed by atoms with Crippen molar-refractivity contribution >= 4 is 24.3 Å². The average molecular weight is 208 g/mol. The van der Waals surface area contributed by atoms with Gasteiger partial charge in [-0.2, -0.15) is 0 Å². The molecule has 76 valence electrons. The molecule has 13 heavy (non-hydrogen) atoms. The standard InChI is InChI=1S/C6H12N2O4S/c1-3-7(5(9)10)13-8(4-2)6(11)12/h3-4H2,1-2H3,(H,9,10)(H,11,12). The molecule has 0 aromatic rings. The molecule has 7 heteroatoms. The van der Waals surface area contributed by atoms with Gasteiger partial charge >= 0.3 is 12.2 Å². The van der Waals surface area contributed by atoms with Crippen LogP contribution in [0.25, 0.3) is 0 Å². The first-order chi connectivity index (χ1) is 6.02. The number of amides is 2. The van der Waals surface area contributed by atoms with Gasteiger partial charge in [-0.15, -0.1) is 0 Å². The third-order valence-electron chi connectivity index (χ3n) is 1.20. The molecule has 0 unspecified atom stereocenters. The molecule has 0 aliphatic heterocycles. The Bertz CT molecular complexity index is 179. The fourth-order valence-corrected chi connectivity index (χ4v) is 1.18. The van der Waals surface area contributed by atoms with Gasteiger partial charge in [-0.25, -0.2) is 18.2 Å². The highest BCUT2D eigenvalue weighted by Gasteiger charge is 2.18. The Hall–Kier alpha value is -1.11. The summed E-state index contributed by atoms with van der Waals surface area (Å²) in [5, 5.41) is 17.2. The van der Waals surface area contributed by atoms with E-state index in [1.54, 1.807) is 13.8 Å². The van der Waals surface area contributed by atoms with Crippen LogP contribution in [-0.2, 0) is 0 Å². The summed E-state index contributed by atoms with van der Waals surface area (Å²) in [5.41, 5.74) is 0. The summed E-state index contributed by atoms with van der Waals surface area (Å²) in [5.74, 6) is 0. The van der Waals surface area contributed by atoms with E-state index in [9.17, 15) is 9.59 Å². The average Bonchev–Trinajstić information content (AvgIpc) is 2.05. The predicted molar refractivity (Wildman–Crippen MR) is 48.4 cm³/mol. The number of hydrogen-bond acceptors (Lipinski definition) is 3. The van der Waals surface area contributed by atoms with E-state index in [2.05, 4.69) is 0 Å². The minimum atomic E-state index is -1.15. The largest absolute Gasteiger partial charge is 0.464 e. The highest BCUT2D eigenvalue weighted by molar-refractivity contribution is 7.95. The zero-order valence-electron chi connectivity index (χ0n) is 7.43. The number of rotatable bonds is 4. The molecule has 0 aliphatic carbocycles. The van der Waals surface area contributed by atoms with Gasteiger partial charge in [0.2, 0.25) is 0 Å². The summed E-state index contributed by atoms with van der Waals surface area (Å²) in [7, 11) is 0. The van der Waals surface area contributed by atoms with Gasteiger partial charge in [0.1, 0.15) is 0 Å². The topological polar surface area (TPSA) is 81.1 Å². The third kappa shape index (κ3) is 3.88. The van der Waals surface area contributed by atoms with E-state index >= 15 is 0 Å². The maximum Gasteiger partial charge on any atom is 0.418 e. The molecule has 0 aromatic heterocycles. The first-order valence-electron chi connectivity index (χ1n) is 3.71. The van der Waals surface area contributed by atoms with Crippen LogP contribution < -0.4 is 0 Å². The first kappa shape index (κ1) is 11.9. The van der Waals surface area contributed by atoms with E-state index in [0.717, 1.165) is 8.61 Å². The van der Waals surface area contributed by atoms with Gasteiger partial charge in [0, 0.05) is 13.1 Å². The molecular weight excluding hydrogens is 196 g/mol. The molecule has 2 amide bonds. The van der Waals surface area contributed by atoms with E-state index < -0.39 is 12.2 Å². The highest BCUT2D eigenvalue weighted by Crippen LogP contribution is 2.15. The normalized spacial score (nSPS) is 9.38. The molecule has 0 rings (SSSR count). The Morgan fingerprint density at radius 1 is 1.08 bits per heavy atom. The fourth-order valence-electron chi connectivity index (χ4n) is 0.575. The molecule has 6 nitrogen and oxygen atoms in total. The van der Waals surface area contributed by atoms with Gasteiger partial charge in [-0.05, 0) is 13.8 Å². The molecule has 0 spiro atoms. The Kier molecular flexibility index (Phi) is 5.05. The Balaban J connectivity index is 4.19. The van der Waals surface area contributed by atoms with Gasteiger partial charge in [0.15, 0.2) is 0 Å². The number of hydrogen-bond donors (Lipinski definition) is 2. The maximum atomic E-state index is 10.5. The molecular formula is C6H12N2O4S. The van der Waals surface area contributed by atoms with Crippen molar-refractivity contribution in [2.24, 2.45) is 0 Å². The van der Waals surface area contributed by atoms with Crippen LogP contribution >= 0.6 is 12.1 Å². The monoisotopic (exact) mass is 208 g/mol. The molecule has 0 radical (unpaired) electrons. The van der Waals surface area contributed by atoms with Crippen LogP contribution in [0.4, 0.5) is 9.59 Å². The smallest absolute Gasteiger partial charge is 0.418 e. The van der Waals surface area contributed by atoms with Gasteiger partial charge in [0.25, 0.3) is 0 Å². The highest BCUT2D eigenvalue weighted by atomic mass is 32.2. The van der Waals surface area contributed by atoms with Crippen molar-refractivity contribution in [3.8, 4) is 0 Å². The van der Waals surface area contributed by atoms with Crippen LogP contribution in [0, 0.1) is 0 Å². The second-order valence-corrected chi connectivity index (χ2v) is 3.08. The SMILES string of the molecule is CCN(SN(CC)C(=O)O)C(=O)O. The summed E-state index contributed by atoms with van der Waals surface area (Å²) >= 11 is 0.674. The van der Waals surface area contributed by atoms with Crippen molar-refractivity contribution in [3.63, 3.8) is 0 Å². The summed E-state index contributed by atoms with van der Waals surface area (Å²) in [6.07, 6.45) is -2.29. The van der Waals surface area contributed by atoms with Crippen LogP contribution in [0.2, 0.25) is 0 Å². The number of nitrogens with zero attached hydrogens (tertiary/aromatic N) is 2. The van der Waals surface area contributed by atoms with Crippen molar-refractivity contribution in [1.29, 1.82) is 0 Å². The van der Waals surface area contributed by atoms with E-state index in [4.69, 9.17) is 10.2 Å². The van der Waals surface area contributed by atoms with Gasteiger partial charge in [-0.1, -0.05) is 0 Å². The molecule has 0 heterocycles. The van der Waals surface area contributed by atoms with Crippen molar-refractivity contribution in [2.45, 2.75) is 13.8 Å². The number of carbonyl (C=O) groups is 2.